The maximum atomic E-state index is 12.6. The van der Waals surface area contributed by atoms with E-state index in [9.17, 15) is 9.59 Å². The average Bonchev–Trinajstić information content (AvgIpc) is 2.79. The topological polar surface area (TPSA) is 75.0 Å². The number of hydrogen-bond acceptors (Lipinski definition) is 6. The first-order valence-corrected chi connectivity index (χ1v) is 12.3. The summed E-state index contributed by atoms with van der Waals surface area (Å²) in [5.41, 5.74) is -0.376. The lowest BCUT2D eigenvalue weighted by Gasteiger charge is -2.13. The molecule has 0 aliphatic heterocycles. The van der Waals surface area contributed by atoms with Gasteiger partial charge in [-0.05, 0) is 31.4 Å². The van der Waals surface area contributed by atoms with Gasteiger partial charge in [-0.15, -0.1) is 0 Å². The minimum absolute atomic E-state index is 0.0565. The lowest BCUT2D eigenvalue weighted by molar-refractivity contribution is -0.131. The molecule has 0 bridgehead atoms. The highest BCUT2D eigenvalue weighted by atomic mass is 16.6. The molecule has 0 fully saturated rings. The van der Waals surface area contributed by atoms with E-state index < -0.39 is 11.6 Å². The number of ether oxygens (including phenoxy) is 3. The molecule has 182 valence electrons. The minimum atomic E-state index is -0.665. The summed E-state index contributed by atoms with van der Waals surface area (Å²) in [4.78, 5) is 24.3. The third kappa shape index (κ3) is 9.32. The van der Waals surface area contributed by atoms with Crippen molar-refractivity contribution in [3.63, 3.8) is 0 Å². The molecule has 1 heterocycles. The Morgan fingerprint density at radius 2 is 1.64 bits per heavy atom. The van der Waals surface area contributed by atoms with Crippen molar-refractivity contribution < 1.29 is 23.4 Å². The van der Waals surface area contributed by atoms with Gasteiger partial charge >= 0.3 is 11.6 Å². The third-order valence-corrected chi connectivity index (χ3v) is 5.24. The summed E-state index contributed by atoms with van der Waals surface area (Å²) in [7, 11) is 0. The molecule has 0 atom stereocenters. The monoisotopic (exact) mass is 458 g/mol. The molecule has 0 saturated heterocycles. The lowest BCUT2D eigenvalue weighted by Crippen LogP contribution is -2.13. The van der Waals surface area contributed by atoms with Crippen LogP contribution >= 0.6 is 0 Å². The van der Waals surface area contributed by atoms with Gasteiger partial charge in [-0.1, -0.05) is 70.9 Å². The van der Waals surface area contributed by atoms with E-state index in [0.29, 0.717) is 24.3 Å². The lowest BCUT2D eigenvalue weighted by atomic mass is 10.1. The highest BCUT2D eigenvalue weighted by Gasteiger charge is 2.20. The van der Waals surface area contributed by atoms with E-state index in [-0.39, 0.29) is 17.1 Å². The van der Waals surface area contributed by atoms with Crippen LogP contribution in [0.4, 0.5) is 0 Å². The van der Waals surface area contributed by atoms with Gasteiger partial charge in [0.1, 0.15) is 11.3 Å². The highest BCUT2D eigenvalue weighted by molar-refractivity contribution is 5.89. The summed E-state index contributed by atoms with van der Waals surface area (Å²) in [6.07, 6.45) is 15.3. The van der Waals surface area contributed by atoms with Crippen LogP contribution in [0.15, 0.2) is 39.6 Å². The Kier molecular flexibility index (Phi) is 12.2. The molecule has 2 aromatic rings. The van der Waals surface area contributed by atoms with Crippen molar-refractivity contribution in [3.05, 3.63) is 40.8 Å². The van der Waals surface area contributed by atoms with Crippen LogP contribution in [0.2, 0.25) is 0 Å². The van der Waals surface area contributed by atoms with Crippen molar-refractivity contribution in [2.24, 2.45) is 0 Å². The standard InChI is InChI=1S/C27H38O6/c1-4-6-8-10-11-12-13-15-19-31-26-25(32-21(3)28)23-17-16-22(20-24(23)33-27(26)29)30-18-14-9-7-5-2/h7,9,16-17,20H,4-6,8,10-15,18-19H2,1-3H3. The summed E-state index contributed by atoms with van der Waals surface area (Å²) < 4.78 is 22.3. The quantitative estimate of drug-likeness (QED) is 0.117. The molecule has 0 saturated carbocycles. The van der Waals surface area contributed by atoms with Crippen molar-refractivity contribution in [3.8, 4) is 17.2 Å². The van der Waals surface area contributed by atoms with Crippen molar-refractivity contribution in [1.82, 2.24) is 0 Å². The fourth-order valence-corrected chi connectivity index (χ4v) is 3.53. The number of fused-ring (bicyclic) bond motifs is 1. The van der Waals surface area contributed by atoms with Gasteiger partial charge in [-0.3, -0.25) is 4.79 Å². The fourth-order valence-electron chi connectivity index (χ4n) is 3.53. The first-order valence-electron chi connectivity index (χ1n) is 12.3. The summed E-state index contributed by atoms with van der Waals surface area (Å²) in [6, 6.07) is 5.12. The molecule has 0 aliphatic carbocycles. The maximum absolute atomic E-state index is 12.6. The average molecular weight is 459 g/mol. The van der Waals surface area contributed by atoms with E-state index >= 15 is 0 Å². The molecule has 0 aliphatic rings. The summed E-state index contributed by atoms with van der Waals surface area (Å²) >= 11 is 0. The second-order valence-electron chi connectivity index (χ2n) is 8.14. The van der Waals surface area contributed by atoms with Crippen LogP contribution in [0.25, 0.3) is 11.0 Å². The predicted octanol–water partition coefficient (Wildman–Crippen LogP) is 6.97. The van der Waals surface area contributed by atoms with Crippen molar-refractivity contribution in [2.75, 3.05) is 13.2 Å². The van der Waals surface area contributed by atoms with Crippen LogP contribution in [0.5, 0.6) is 17.2 Å². The number of carbonyl (C=O) groups is 1. The molecular weight excluding hydrogens is 420 g/mol. The third-order valence-electron chi connectivity index (χ3n) is 5.24. The van der Waals surface area contributed by atoms with Crippen molar-refractivity contribution >= 4 is 16.9 Å². The highest BCUT2D eigenvalue weighted by Crippen LogP contribution is 2.35. The van der Waals surface area contributed by atoms with E-state index in [1.807, 2.05) is 0 Å². The summed E-state index contributed by atoms with van der Waals surface area (Å²) in [6.45, 7) is 6.47. The fraction of sp³-hybridized carbons (Fsp3) is 0.556. The molecule has 6 heteroatoms. The second-order valence-corrected chi connectivity index (χ2v) is 8.14. The Balaban J connectivity index is 2.04. The SMILES string of the molecule is CCC=CCCOc1ccc2c(OC(C)=O)c(OCCCCCCCCCC)c(=O)oc2c1. The van der Waals surface area contributed by atoms with E-state index in [0.717, 1.165) is 32.1 Å². The number of esters is 1. The van der Waals surface area contributed by atoms with Crippen LogP contribution in [0.1, 0.15) is 85.0 Å². The van der Waals surface area contributed by atoms with Gasteiger partial charge < -0.3 is 18.6 Å². The van der Waals surface area contributed by atoms with Gasteiger partial charge in [0, 0.05) is 13.0 Å². The number of unbranched alkanes of at least 4 members (excludes halogenated alkanes) is 7. The summed E-state index contributed by atoms with van der Waals surface area (Å²) in [5, 5.41) is 0.494. The Morgan fingerprint density at radius 3 is 2.33 bits per heavy atom. The molecule has 33 heavy (non-hydrogen) atoms. The van der Waals surface area contributed by atoms with Gasteiger partial charge in [0.05, 0.1) is 18.6 Å². The zero-order valence-electron chi connectivity index (χ0n) is 20.3. The first-order chi connectivity index (χ1) is 16.1. The number of hydrogen-bond donors (Lipinski definition) is 0. The first kappa shape index (κ1) is 26.5. The number of rotatable bonds is 16. The molecule has 0 unspecified atom stereocenters. The van der Waals surface area contributed by atoms with Crippen LogP contribution < -0.4 is 19.8 Å². The van der Waals surface area contributed by atoms with Gasteiger partial charge in [0.2, 0.25) is 5.75 Å². The smallest absolute Gasteiger partial charge is 0.383 e. The Labute approximate surface area is 196 Å². The molecule has 0 amide bonds. The molecule has 0 spiro atoms. The zero-order valence-corrected chi connectivity index (χ0v) is 20.3. The second kappa shape index (κ2) is 15.1. The van der Waals surface area contributed by atoms with E-state index in [1.165, 1.54) is 39.0 Å². The van der Waals surface area contributed by atoms with Crippen molar-refractivity contribution in [1.29, 1.82) is 0 Å². The molecule has 1 aromatic carbocycles. The van der Waals surface area contributed by atoms with Gasteiger partial charge in [-0.25, -0.2) is 4.79 Å². The van der Waals surface area contributed by atoms with Crippen LogP contribution in [0.3, 0.4) is 0 Å². The molecule has 0 N–H and O–H groups in total. The number of allylic oxidation sites excluding steroid dienone is 1. The molecule has 2 rings (SSSR count). The molecule has 6 nitrogen and oxygen atoms in total. The van der Waals surface area contributed by atoms with Gasteiger partial charge in [0.15, 0.2) is 5.75 Å². The Hall–Kier alpha value is -2.76. The van der Waals surface area contributed by atoms with Gasteiger partial charge in [-0.2, -0.15) is 0 Å². The maximum Gasteiger partial charge on any atom is 0.383 e. The van der Waals surface area contributed by atoms with E-state index in [2.05, 4.69) is 26.0 Å². The van der Waals surface area contributed by atoms with Crippen LogP contribution in [-0.2, 0) is 4.79 Å². The Morgan fingerprint density at radius 1 is 0.909 bits per heavy atom. The molecule has 0 radical (unpaired) electrons. The predicted molar refractivity (Wildman–Crippen MR) is 131 cm³/mol. The zero-order chi connectivity index (χ0) is 23.9. The Bertz CT molecular complexity index is 944. The molecule has 1 aromatic heterocycles. The number of benzene rings is 1. The molecular formula is C27H38O6. The van der Waals surface area contributed by atoms with Crippen LogP contribution in [0, 0.1) is 0 Å². The van der Waals surface area contributed by atoms with Gasteiger partial charge in [0.25, 0.3) is 0 Å². The normalized spacial score (nSPS) is 11.2. The number of carbonyl (C=O) groups excluding carboxylic acids is 1. The minimum Gasteiger partial charge on any atom is -0.493 e. The van der Waals surface area contributed by atoms with Crippen LogP contribution in [-0.4, -0.2) is 19.2 Å². The van der Waals surface area contributed by atoms with Crippen molar-refractivity contribution in [2.45, 2.75) is 85.0 Å². The largest absolute Gasteiger partial charge is 0.493 e. The summed E-state index contributed by atoms with van der Waals surface area (Å²) in [5.74, 6) is 0.101. The van der Waals surface area contributed by atoms with E-state index in [1.54, 1.807) is 18.2 Å². The van der Waals surface area contributed by atoms with E-state index in [4.69, 9.17) is 18.6 Å².